The molecule has 236 valence electrons. The maximum atomic E-state index is 15.3. The Morgan fingerprint density at radius 2 is 1.41 bits per heavy atom. The second-order valence-electron chi connectivity index (χ2n) is 10.3. The van der Waals surface area contributed by atoms with Crippen LogP contribution in [0.3, 0.4) is 0 Å². The highest BCUT2D eigenvalue weighted by Crippen LogP contribution is 2.45. The lowest BCUT2D eigenvalue weighted by Gasteiger charge is -2.30. The Bertz CT molecular complexity index is 1420. The zero-order valence-corrected chi connectivity index (χ0v) is 23.9. The number of hydrogen-bond acceptors (Lipinski definition) is 4. The molecule has 44 heavy (non-hydrogen) atoms. The molecule has 1 unspecified atom stereocenters. The lowest BCUT2D eigenvalue weighted by atomic mass is 9.90. The van der Waals surface area contributed by atoms with Gasteiger partial charge in [0.2, 0.25) is 0 Å². The summed E-state index contributed by atoms with van der Waals surface area (Å²) in [5.41, 5.74) is -1.29. The molecule has 1 heterocycles. The van der Waals surface area contributed by atoms with E-state index in [9.17, 15) is 22.0 Å². The van der Waals surface area contributed by atoms with E-state index >= 15 is 8.78 Å². The smallest absolute Gasteiger partial charge is 0.432 e. The van der Waals surface area contributed by atoms with Gasteiger partial charge in [-0.25, -0.2) is 22.0 Å². The van der Waals surface area contributed by atoms with Crippen LogP contribution in [0.2, 0.25) is 0 Å². The number of benzene rings is 3. The second kappa shape index (κ2) is 14.2. The number of alkyl halides is 2. The molecule has 0 amide bonds. The van der Waals surface area contributed by atoms with Gasteiger partial charge in [-0.3, -0.25) is 0 Å². The molecule has 3 aromatic rings. The third-order valence-corrected chi connectivity index (χ3v) is 7.07. The van der Waals surface area contributed by atoms with Gasteiger partial charge in [-0.1, -0.05) is 38.7 Å². The van der Waals surface area contributed by atoms with E-state index in [-0.39, 0.29) is 54.1 Å². The first-order valence-corrected chi connectivity index (χ1v) is 14.0. The number of ether oxygens (including phenoxy) is 4. The zero-order valence-electron chi connectivity index (χ0n) is 23.9. The molecule has 3 aromatic carbocycles. The van der Waals surface area contributed by atoms with Crippen molar-refractivity contribution in [2.75, 3.05) is 19.8 Å². The summed E-state index contributed by atoms with van der Waals surface area (Å²) in [6.45, 7) is 9.93. The van der Waals surface area contributed by atoms with Crippen LogP contribution in [0.15, 0.2) is 61.7 Å². The van der Waals surface area contributed by atoms with Gasteiger partial charge in [0, 0.05) is 12.1 Å². The van der Waals surface area contributed by atoms with Gasteiger partial charge < -0.3 is 18.9 Å². The quantitative estimate of drug-likeness (QED) is 0.108. The SMILES string of the molecule is C=CCOc1cc(C2CC[C@@H](CCC)CO2)cc(OCC=C)c1-c1cc(F)c(C(F)(F)Oc2cc(F)c(F)c(F)c2)c(F)c1. The predicted molar refractivity (Wildman–Crippen MR) is 150 cm³/mol. The van der Waals surface area contributed by atoms with Crippen LogP contribution in [0.5, 0.6) is 17.2 Å². The molecule has 4 nitrogen and oxygen atoms in total. The summed E-state index contributed by atoms with van der Waals surface area (Å²) in [6.07, 6.45) is 1.61. The molecule has 4 rings (SSSR count). The van der Waals surface area contributed by atoms with E-state index in [2.05, 4.69) is 24.8 Å². The fourth-order valence-electron chi connectivity index (χ4n) is 5.10. The van der Waals surface area contributed by atoms with Crippen molar-refractivity contribution in [2.45, 2.75) is 44.8 Å². The molecule has 0 aliphatic carbocycles. The Hall–Kier alpha value is -3.99. The number of halogens is 7. The molecule has 0 spiro atoms. The first-order valence-electron chi connectivity index (χ1n) is 14.0. The molecule has 0 aromatic heterocycles. The van der Waals surface area contributed by atoms with Crippen molar-refractivity contribution in [3.05, 3.63) is 102 Å². The van der Waals surface area contributed by atoms with Crippen LogP contribution < -0.4 is 14.2 Å². The van der Waals surface area contributed by atoms with Crippen molar-refractivity contribution in [2.24, 2.45) is 5.92 Å². The lowest BCUT2D eigenvalue weighted by Crippen LogP contribution is -2.25. The van der Waals surface area contributed by atoms with E-state index in [4.69, 9.17) is 14.2 Å². The molecule has 0 N–H and O–H groups in total. The molecule has 0 radical (unpaired) electrons. The van der Waals surface area contributed by atoms with Crippen LogP contribution in [0, 0.1) is 35.0 Å². The molecule has 0 saturated carbocycles. The Kier molecular flexibility index (Phi) is 10.6. The van der Waals surface area contributed by atoms with E-state index in [1.54, 1.807) is 12.1 Å². The lowest BCUT2D eigenvalue weighted by molar-refractivity contribution is -0.189. The van der Waals surface area contributed by atoms with Gasteiger partial charge >= 0.3 is 6.11 Å². The molecule has 1 saturated heterocycles. The highest BCUT2D eigenvalue weighted by atomic mass is 19.3. The van der Waals surface area contributed by atoms with Crippen LogP contribution >= 0.6 is 0 Å². The molecular formula is C33H31F7O4. The average molecular weight is 625 g/mol. The fraction of sp³-hybridized carbons (Fsp3) is 0.333. The van der Waals surface area contributed by atoms with Gasteiger partial charge in [-0.05, 0) is 60.6 Å². The molecule has 1 aliphatic rings. The molecule has 1 aliphatic heterocycles. The van der Waals surface area contributed by atoms with E-state index in [1.807, 2.05) is 0 Å². The van der Waals surface area contributed by atoms with Crippen LogP contribution in [-0.2, 0) is 10.8 Å². The standard InChI is InChI=1S/C33H31F7O4/c1-4-7-19-8-9-27(43-18-19)20-14-28(41-10-5-2)30(29(15-20)42-11-6-3)21-12-23(34)31(24(35)13-21)33(39,40)44-22-16-25(36)32(38)26(37)17-22/h5-6,12-17,19,27H,2-4,7-11,18H2,1H3/t19-,27?/m1/s1. The van der Waals surface area contributed by atoms with E-state index < -0.39 is 46.5 Å². The van der Waals surface area contributed by atoms with Gasteiger partial charge in [-0.15, -0.1) is 0 Å². The molecule has 0 bridgehead atoms. The summed E-state index contributed by atoms with van der Waals surface area (Å²) in [5.74, 6) is -9.53. The van der Waals surface area contributed by atoms with Gasteiger partial charge in [-0.2, -0.15) is 8.78 Å². The number of rotatable bonds is 13. The topological polar surface area (TPSA) is 36.9 Å². The minimum atomic E-state index is -4.74. The van der Waals surface area contributed by atoms with Crippen LogP contribution in [0.25, 0.3) is 11.1 Å². The summed E-state index contributed by atoms with van der Waals surface area (Å²) >= 11 is 0. The second-order valence-corrected chi connectivity index (χ2v) is 10.3. The zero-order chi connectivity index (χ0) is 32.0. The Balaban J connectivity index is 1.76. The van der Waals surface area contributed by atoms with Gasteiger partial charge in [0.25, 0.3) is 0 Å². The Labute approximate surface area is 250 Å². The van der Waals surface area contributed by atoms with Gasteiger partial charge in [0.1, 0.15) is 47.7 Å². The molecule has 2 atom stereocenters. The predicted octanol–water partition coefficient (Wildman–Crippen LogP) is 9.57. The van der Waals surface area contributed by atoms with E-state index in [1.165, 1.54) is 12.2 Å². The van der Waals surface area contributed by atoms with Crippen LogP contribution in [-0.4, -0.2) is 19.8 Å². The fourth-order valence-corrected chi connectivity index (χ4v) is 5.10. The first-order chi connectivity index (χ1) is 21.0. The molecule has 1 fully saturated rings. The highest BCUT2D eigenvalue weighted by Gasteiger charge is 2.42. The average Bonchev–Trinajstić information content (AvgIpc) is 2.97. The van der Waals surface area contributed by atoms with Crippen molar-refractivity contribution in [3.63, 3.8) is 0 Å². The summed E-state index contributed by atoms with van der Waals surface area (Å²) in [5, 5.41) is 0. The van der Waals surface area contributed by atoms with Gasteiger partial charge in [0.05, 0.1) is 18.3 Å². The van der Waals surface area contributed by atoms with Crippen molar-refractivity contribution in [1.82, 2.24) is 0 Å². The van der Waals surface area contributed by atoms with Crippen LogP contribution in [0.4, 0.5) is 30.7 Å². The Morgan fingerprint density at radius 3 is 1.89 bits per heavy atom. The number of hydrogen-bond donors (Lipinski definition) is 0. The van der Waals surface area contributed by atoms with Gasteiger partial charge in [0.15, 0.2) is 17.5 Å². The third-order valence-electron chi connectivity index (χ3n) is 7.07. The van der Waals surface area contributed by atoms with Crippen molar-refractivity contribution < 1.29 is 49.7 Å². The summed E-state index contributed by atoms with van der Waals surface area (Å²) in [4.78, 5) is 0. The summed E-state index contributed by atoms with van der Waals surface area (Å²) in [6, 6.07) is 4.80. The normalized spacial score (nSPS) is 16.8. The highest BCUT2D eigenvalue weighted by molar-refractivity contribution is 5.78. The maximum absolute atomic E-state index is 15.3. The molecular weight excluding hydrogens is 593 g/mol. The van der Waals surface area contributed by atoms with E-state index in [0.29, 0.717) is 30.2 Å². The van der Waals surface area contributed by atoms with Crippen LogP contribution in [0.1, 0.15) is 49.8 Å². The van der Waals surface area contributed by atoms with Crippen molar-refractivity contribution >= 4 is 0 Å². The first kappa shape index (κ1) is 32.9. The van der Waals surface area contributed by atoms with Crippen molar-refractivity contribution in [1.29, 1.82) is 0 Å². The largest absolute Gasteiger partial charge is 0.489 e. The molecule has 11 heteroatoms. The minimum absolute atomic E-state index is 0.00119. The van der Waals surface area contributed by atoms with Crippen molar-refractivity contribution in [3.8, 4) is 28.4 Å². The summed E-state index contributed by atoms with van der Waals surface area (Å²) < 4.78 is 123. The maximum Gasteiger partial charge on any atom is 0.432 e. The minimum Gasteiger partial charge on any atom is -0.489 e. The monoisotopic (exact) mass is 624 g/mol. The third kappa shape index (κ3) is 7.38. The summed E-state index contributed by atoms with van der Waals surface area (Å²) in [7, 11) is 0. The van der Waals surface area contributed by atoms with E-state index in [0.717, 1.165) is 25.7 Å². The Morgan fingerprint density at radius 1 is 0.841 bits per heavy atom.